The van der Waals surface area contributed by atoms with Gasteiger partial charge in [0.2, 0.25) is 0 Å². The highest BCUT2D eigenvalue weighted by molar-refractivity contribution is 5.78. The fraction of sp³-hybridized carbons (Fsp3) is 0.176. The van der Waals surface area contributed by atoms with Crippen LogP contribution in [0.4, 0.5) is 0 Å². The monoisotopic (exact) mass is 252 g/mol. The molecule has 2 heteroatoms. The predicted octanol–water partition coefficient (Wildman–Crippen LogP) is 1.67. The molecule has 0 bridgehead atoms. The van der Waals surface area contributed by atoms with Gasteiger partial charge in [0.25, 0.3) is 0 Å². The standard InChI is InChI=1S/C17H16O2/c1-18-15-11-10-13-8-5-7-12-6-3-4-9-14(12)16(13)17(15)19-2/h3-11,17H,1-2H3. The second-order valence-corrected chi connectivity index (χ2v) is 4.54. The topological polar surface area (TPSA) is 18.5 Å². The number of ether oxygens (including phenoxy) is 2. The maximum atomic E-state index is 5.66. The van der Waals surface area contributed by atoms with E-state index in [2.05, 4.69) is 48.6 Å². The van der Waals surface area contributed by atoms with E-state index in [0.717, 1.165) is 5.76 Å². The summed E-state index contributed by atoms with van der Waals surface area (Å²) in [6.07, 6.45) is 10.2. The molecule has 96 valence electrons. The maximum Gasteiger partial charge on any atom is 0.140 e. The van der Waals surface area contributed by atoms with Gasteiger partial charge in [-0.05, 0) is 22.1 Å². The largest absolute Gasteiger partial charge is 0.498 e. The van der Waals surface area contributed by atoms with Gasteiger partial charge in [0.15, 0.2) is 0 Å². The van der Waals surface area contributed by atoms with Crippen LogP contribution in [0.5, 0.6) is 0 Å². The molecule has 0 saturated heterocycles. The van der Waals surface area contributed by atoms with E-state index >= 15 is 0 Å². The van der Waals surface area contributed by atoms with E-state index in [1.807, 2.05) is 6.08 Å². The Morgan fingerprint density at radius 3 is 2.63 bits per heavy atom. The van der Waals surface area contributed by atoms with Crippen molar-refractivity contribution in [3.63, 3.8) is 0 Å². The lowest BCUT2D eigenvalue weighted by atomic mass is 9.92. The zero-order valence-corrected chi connectivity index (χ0v) is 11.1. The van der Waals surface area contributed by atoms with Crippen molar-refractivity contribution in [2.45, 2.75) is 6.10 Å². The number of hydrogen-bond acceptors (Lipinski definition) is 2. The van der Waals surface area contributed by atoms with Gasteiger partial charge in [0.05, 0.1) is 7.11 Å². The summed E-state index contributed by atoms with van der Waals surface area (Å²) < 4.78 is 11.1. The Labute approximate surface area is 112 Å². The zero-order chi connectivity index (χ0) is 13.2. The third kappa shape index (κ3) is 1.94. The molecule has 3 rings (SSSR count). The first-order valence-electron chi connectivity index (χ1n) is 6.32. The molecule has 2 nitrogen and oxygen atoms in total. The zero-order valence-electron chi connectivity index (χ0n) is 11.1. The second kappa shape index (κ2) is 4.90. The average molecular weight is 252 g/mol. The van der Waals surface area contributed by atoms with Crippen molar-refractivity contribution < 1.29 is 9.47 Å². The minimum absolute atomic E-state index is 0.151. The average Bonchev–Trinajstić information content (AvgIpc) is 2.65. The lowest BCUT2D eigenvalue weighted by molar-refractivity contribution is 0.115. The van der Waals surface area contributed by atoms with Gasteiger partial charge >= 0.3 is 0 Å². The summed E-state index contributed by atoms with van der Waals surface area (Å²) in [5.41, 5.74) is 2.34. The molecular weight excluding hydrogens is 236 g/mol. The number of allylic oxidation sites excluding steroid dienone is 4. The molecule has 2 aliphatic rings. The van der Waals surface area contributed by atoms with Crippen molar-refractivity contribution in [1.82, 2.24) is 0 Å². The molecule has 0 spiro atoms. The molecule has 0 heterocycles. The highest BCUT2D eigenvalue weighted by Crippen LogP contribution is 2.29. The van der Waals surface area contributed by atoms with Crippen molar-refractivity contribution in [3.05, 3.63) is 70.3 Å². The predicted molar refractivity (Wildman–Crippen MR) is 76.7 cm³/mol. The van der Waals surface area contributed by atoms with Crippen LogP contribution in [0.2, 0.25) is 0 Å². The molecule has 0 N–H and O–H groups in total. The fourth-order valence-electron chi connectivity index (χ4n) is 2.64. The van der Waals surface area contributed by atoms with Crippen LogP contribution in [0.1, 0.15) is 0 Å². The third-order valence-corrected chi connectivity index (χ3v) is 3.53. The lowest BCUT2D eigenvalue weighted by Crippen LogP contribution is -2.33. The number of hydrogen-bond donors (Lipinski definition) is 0. The van der Waals surface area contributed by atoms with Gasteiger partial charge in [-0.3, -0.25) is 0 Å². The van der Waals surface area contributed by atoms with Crippen LogP contribution < -0.4 is 10.4 Å². The van der Waals surface area contributed by atoms with Crippen LogP contribution in [0.15, 0.2) is 59.9 Å². The normalized spacial score (nSPS) is 20.5. The Morgan fingerprint density at radius 2 is 1.84 bits per heavy atom. The highest BCUT2D eigenvalue weighted by Gasteiger charge is 2.25. The first-order valence-corrected chi connectivity index (χ1v) is 6.32. The number of fused-ring (bicyclic) bond motifs is 2. The summed E-state index contributed by atoms with van der Waals surface area (Å²) in [6, 6.07) is 8.36. The number of benzene rings is 1. The molecule has 0 saturated carbocycles. The van der Waals surface area contributed by atoms with Crippen molar-refractivity contribution in [2.24, 2.45) is 0 Å². The molecular formula is C17H16O2. The van der Waals surface area contributed by atoms with E-state index in [0.29, 0.717) is 0 Å². The molecule has 1 unspecified atom stereocenters. The smallest absolute Gasteiger partial charge is 0.140 e. The summed E-state index contributed by atoms with van der Waals surface area (Å²) in [4.78, 5) is 0. The minimum Gasteiger partial charge on any atom is -0.498 e. The molecule has 1 aromatic carbocycles. The maximum absolute atomic E-state index is 5.66. The van der Waals surface area contributed by atoms with Crippen LogP contribution in [-0.2, 0) is 9.47 Å². The molecule has 19 heavy (non-hydrogen) atoms. The van der Waals surface area contributed by atoms with Crippen LogP contribution >= 0.6 is 0 Å². The Morgan fingerprint density at radius 1 is 1.00 bits per heavy atom. The van der Waals surface area contributed by atoms with E-state index < -0.39 is 0 Å². The SMILES string of the molecule is COC1=CC=C2C=CC=c3ccccc3=C2C1OC. The molecule has 0 radical (unpaired) electrons. The Kier molecular flexibility index (Phi) is 3.10. The van der Waals surface area contributed by atoms with Crippen molar-refractivity contribution >= 4 is 11.6 Å². The van der Waals surface area contributed by atoms with Gasteiger partial charge in [-0.15, -0.1) is 0 Å². The summed E-state index contributed by atoms with van der Waals surface area (Å²) >= 11 is 0. The van der Waals surface area contributed by atoms with Gasteiger partial charge in [0.1, 0.15) is 11.9 Å². The minimum atomic E-state index is -0.151. The van der Waals surface area contributed by atoms with Gasteiger partial charge in [-0.25, -0.2) is 0 Å². The summed E-state index contributed by atoms with van der Waals surface area (Å²) in [7, 11) is 3.40. The quantitative estimate of drug-likeness (QED) is 0.797. The van der Waals surface area contributed by atoms with E-state index in [1.54, 1.807) is 14.2 Å². The first kappa shape index (κ1) is 12.0. The molecule has 0 aromatic heterocycles. The van der Waals surface area contributed by atoms with E-state index in [9.17, 15) is 0 Å². The molecule has 0 aliphatic heterocycles. The van der Waals surface area contributed by atoms with Crippen LogP contribution in [-0.4, -0.2) is 20.3 Å². The fourth-order valence-corrected chi connectivity index (χ4v) is 2.64. The van der Waals surface area contributed by atoms with E-state index in [1.165, 1.54) is 21.6 Å². The van der Waals surface area contributed by atoms with Crippen molar-refractivity contribution in [1.29, 1.82) is 0 Å². The van der Waals surface area contributed by atoms with Crippen molar-refractivity contribution in [2.75, 3.05) is 14.2 Å². The lowest BCUT2D eigenvalue weighted by Gasteiger charge is -2.25. The molecule has 2 aliphatic carbocycles. The molecule has 1 aromatic rings. The number of methoxy groups -OCH3 is 2. The molecule has 1 atom stereocenters. The van der Waals surface area contributed by atoms with Crippen LogP contribution in [0, 0.1) is 0 Å². The van der Waals surface area contributed by atoms with Gasteiger partial charge < -0.3 is 9.47 Å². The Hall–Kier alpha value is -2.06. The third-order valence-electron chi connectivity index (χ3n) is 3.53. The van der Waals surface area contributed by atoms with E-state index in [4.69, 9.17) is 9.47 Å². The number of rotatable bonds is 2. The van der Waals surface area contributed by atoms with Gasteiger partial charge in [-0.1, -0.05) is 48.6 Å². The van der Waals surface area contributed by atoms with Crippen molar-refractivity contribution in [3.8, 4) is 0 Å². The second-order valence-electron chi connectivity index (χ2n) is 4.54. The Balaban J connectivity index is 2.37. The first-order chi connectivity index (χ1) is 9.35. The summed E-state index contributed by atoms with van der Waals surface area (Å²) in [5, 5.41) is 2.41. The summed E-state index contributed by atoms with van der Waals surface area (Å²) in [6.45, 7) is 0. The van der Waals surface area contributed by atoms with Crippen LogP contribution in [0.25, 0.3) is 11.6 Å². The van der Waals surface area contributed by atoms with Gasteiger partial charge in [-0.2, -0.15) is 0 Å². The molecule has 0 fully saturated rings. The highest BCUT2D eigenvalue weighted by atomic mass is 16.5. The molecule has 0 amide bonds. The van der Waals surface area contributed by atoms with E-state index in [-0.39, 0.29) is 6.10 Å². The van der Waals surface area contributed by atoms with Gasteiger partial charge in [0, 0.05) is 12.7 Å². The summed E-state index contributed by atoms with van der Waals surface area (Å²) in [5.74, 6) is 0.839. The Bertz CT molecular complexity index is 705. The van der Waals surface area contributed by atoms with Crippen LogP contribution in [0.3, 0.4) is 0 Å².